The number of carbonyl (C=O) groups excluding carboxylic acids is 2. The predicted octanol–water partition coefficient (Wildman–Crippen LogP) is 5.59. The van der Waals surface area contributed by atoms with Crippen LogP contribution in [0.25, 0.3) is 0 Å². The van der Waals surface area contributed by atoms with Gasteiger partial charge < -0.3 is 19.5 Å². The van der Waals surface area contributed by atoms with Crippen LogP contribution < -0.4 is 19.8 Å². The van der Waals surface area contributed by atoms with E-state index in [0.717, 1.165) is 67.7 Å². The van der Waals surface area contributed by atoms with Crippen LogP contribution in [0.1, 0.15) is 64.4 Å². The number of carbonyl (C=O) groups is 3. The van der Waals surface area contributed by atoms with E-state index in [2.05, 4.69) is 29.4 Å². The van der Waals surface area contributed by atoms with Crippen molar-refractivity contribution in [2.45, 2.75) is 64.8 Å². The molecule has 0 radical (unpaired) electrons. The fourth-order valence-corrected chi connectivity index (χ4v) is 5.47. The molecule has 2 fully saturated rings. The van der Waals surface area contributed by atoms with Gasteiger partial charge >= 0.3 is 5.30 Å². The lowest BCUT2D eigenvalue weighted by Crippen LogP contribution is -2.44. The number of hydrogen-bond donors (Lipinski definition) is 2. The van der Waals surface area contributed by atoms with Gasteiger partial charge in [0.15, 0.2) is 11.5 Å². The first-order valence-electron chi connectivity index (χ1n) is 15.2. The van der Waals surface area contributed by atoms with E-state index in [1.807, 2.05) is 55.1 Å². The van der Waals surface area contributed by atoms with Gasteiger partial charge in [-0.2, -0.15) is 0 Å². The highest BCUT2D eigenvalue weighted by molar-refractivity contribution is 8.12. The minimum Gasteiger partial charge on any atom is -0.473 e. The molecule has 0 bridgehead atoms. The van der Waals surface area contributed by atoms with Crippen LogP contribution in [0.2, 0.25) is 0 Å². The maximum atomic E-state index is 13.6. The summed E-state index contributed by atoms with van der Waals surface area (Å²) in [5, 5.41) is 8.60. The zero-order chi connectivity index (χ0) is 31.2. The molecule has 2 aromatic rings. The predicted molar refractivity (Wildman–Crippen MR) is 171 cm³/mol. The lowest BCUT2D eigenvalue weighted by molar-refractivity contribution is -0.130. The lowest BCUT2D eigenvalue weighted by Gasteiger charge is -2.29. The smallest absolute Gasteiger partial charge is 0.364 e. The molecule has 0 aromatic heterocycles. The Morgan fingerprint density at radius 1 is 1.12 bits per heavy atom. The van der Waals surface area contributed by atoms with Crippen molar-refractivity contribution in [3.8, 4) is 11.5 Å². The van der Waals surface area contributed by atoms with E-state index in [1.54, 1.807) is 5.01 Å². The third-order valence-electron chi connectivity index (χ3n) is 7.64. The summed E-state index contributed by atoms with van der Waals surface area (Å²) < 4.78 is 11.1. The molecule has 236 valence electrons. The fraction of sp³-hybridized carbons (Fsp3) is 0.531. The molecule has 0 saturated carbocycles. The highest BCUT2D eigenvalue weighted by atomic mass is 32.2. The van der Waals surface area contributed by atoms with E-state index in [1.165, 1.54) is 11.8 Å². The van der Waals surface area contributed by atoms with E-state index < -0.39 is 5.30 Å². The van der Waals surface area contributed by atoms with Crippen LogP contribution in [0.4, 0.5) is 10.5 Å². The van der Waals surface area contributed by atoms with Crippen molar-refractivity contribution in [1.82, 2.24) is 15.3 Å². The number of anilines is 1. The van der Waals surface area contributed by atoms with Crippen molar-refractivity contribution in [1.29, 1.82) is 0 Å². The van der Waals surface area contributed by atoms with Crippen molar-refractivity contribution >= 4 is 34.6 Å². The van der Waals surface area contributed by atoms with Gasteiger partial charge in [0, 0.05) is 44.3 Å². The van der Waals surface area contributed by atoms with Gasteiger partial charge in [-0.25, -0.2) is 10.2 Å². The molecule has 0 spiro atoms. The number of para-hydroxylation sites is 1. The highest BCUT2D eigenvalue weighted by Gasteiger charge is 2.36. The summed E-state index contributed by atoms with van der Waals surface area (Å²) in [5.74, 6) is 2.15. The van der Waals surface area contributed by atoms with Crippen LogP contribution in [0.15, 0.2) is 48.5 Å². The number of thioether (sulfide) groups is 1. The van der Waals surface area contributed by atoms with Crippen LogP contribution >= 0.6 is 11.8 Å². The summed E-state index contributed by atoms with van der Waals surface area (Å²) in [6.07, 6.45) is 5.83. The number of rotatable bonds is 10. The second-order valence-electron chi connectivity index (χ2n) is 10.3. The van der Waals surface area contributed by atoms with E-state index in [-0.39, 0.29) is 24.6 Å². The van der Waals surface area contributed by atoms with Gasteiger partial charge in [0.05, 0.1) is 6.54 Å². The second kappa shape index (κ2) is 17.7. The average molecular weight is 615 g/mol. The number of likely N-dealkylation sites (tertiary alicyclic amines) is 1. The van der Waals surface area contributed by atoms with Gasteiger partial charge in [-0.1, -0.05) is 51.5 Å². The normalized spacial score (nSPS) is 18.9. The molecule has 2 N–H and O–H groups in total. The molecule has 3 heterocycles. The van der Waals surface area contributed by atoms with Gasteiger partial charge in [-0.3, -0.25) is 19.5 Å². The fourth-order valence-electron chi connectivity index (χ4n) is 5.47. The highest BCUT2D eigenvalue weighted by Crippen LogP contribution is 2.39. The quantitative estimate of drug-likeness (QED) is 0.354. The number of amides is 2. The first kappa shape index (κ1) is 34.2. The zero-order valence-corrected chi connectivity index (χ0v) is 26.6. The van der Waals surface area contributed by atoms with Crippen LogP contribution in [-0.2, 0) is 9.59 Å². The topological polar surface area (TPSA) is 112 Å². The summed E-state index contributed by atoms with van der Waals surface area (Å²) >= 11 is 0.796. The molecule has 10 nitrogen and oxygen atoms in total. The number of fused-ring (bicyclic) bond motifs is 1. The minimum atomic E-state index is -0.829. The molecule has 3 aliphatic heterocycles. The Hall–Kier alpha value is -3.28. The largest absolute Gasteiger partial charge is 0.473 e. The molecule has 3 aliphatic rings. The van der Waals surface area contributed by atoms with E-state index >= 15 is 0 Å². The molecule has 2 amide bonds. The van der Waals surface area contributed by atoms with Gasteiger partial charge in [0.1, 0.15) is 0 Å². The van der Waals surface area contributed by atoms with Crippen molar-refractivity contribution in [2.75, 3.05) is 50.7 Å². The Balaban J connectivity index is 0.000000657. The molecule has 43 heavy (non-hydrogen) atoms. The summed E-state index contributed by atoms with van der Waals surface area (Å²) in [7, 11) is 0. The molecular formula is C32H46N4O6S. The lowest BCUT2D eigenvalue weighted by atomic mass is 9.95. The molecule has 2 saturated heterocycles. The van der Waals surface area contributed by atoms with Gasteiger partial charge in [0.25, 0.3) is 0 Å². The Kier molecular flexibility index (Phi) is 14.1. The minimum absolute atomic E-state index is 0.126. The number of hydrogen-bond acceptors (Lipinski definition) is 8. The van der Waals surface area contributed by atoms with E-state index in [4.69, 9.17) is 14.6 Å². The van der Waals surface area contributed by atoms with Crippen LogP contribution in [0.5, 0.6) is 11.5 Å². The third kappa shape index (κ3) is 9.87. The van der Waals surface area contributed by atoms with Crippen molar-refractivity contribution in [2.24, 2.45) is 0 Å². The molecular weight excluding hydrogens is 568 g/mol. The Labute approximate surface area is 259 Å². The number of nitrogens with zero attached hydrogens (tertiary/aromatic N) is 3. The Morgan fingerprint density at radius 2 is 1.84 bits per heavy atom. The van der Waals surface area contributed by atoms with Gasteiger partial charge in [-0.05, 0) is 73.0 Å². The van der Waals surface area contributed by atoms with E-state index in [9.17, 15) is 14.4 Å². The van der Waals surface area contributed by atoms with Crippen molar-refractivity contribution in [3.63, 3.8) is 0 Å². The first-order chi connectivity index (χ1) is 20.9. The maximum Gasteiger partial charge on any atom is 0.364 e. The second-order valence-corrected chi connectivity index (χ2v) is 11.1. The van der Waals surface area contributed by atoms with E-state index in [0.29, 0.717) is 32.0 Å². The summed E-state index contributed by atoms with van der Waals surface area (Å²) in [4.78, 5) is 39.4. The molecule has 5 rings (SSSR count). The number of nitrogens with one attached hydrogen (secondary N) is 1. The zero-order valence-electron chi connectivity index (χ0n) is 25.8. The summed E-state index contributed by atoms with van der Waals surface area (Å²) in [6.45, 7) is 9.65. The van der Waals surface area contributed by atoms with Gasteiger partial charge in [0.2, 0.25) is 18.6 Å². The molecule has 2 atom stereocenters. The maximum absolute atomic E-state index is 13.6. The monoisotopic (exact) mass is 614 g/mol. The van der Waals surface area contributed by atoms with Crippen LogP contribution in [-0.4, -0.2) is 83.9 Å². The van der Waals surface area contributed by atoms with Crippen LogP contribution in [0, 0.1) is 0 Å². The van der Waals surface area contributed by atoms with Crippen LogP contribution in [0.3, 0.4) is 0 Å². The summed E-state index contributed by atoms with van der Waals surface area (Å²) in [6, 6.07) is 16.3. The van der Waals surface area contributed by atoms with Crippen molar-refractivity contribution < 1.29 is 29.0 Å². The average Bonchev–Trinajstić information content (AvgIpc) is 3.77. The number of hydrazine groups is 1. The third-order valence-corrected chi connectivity index (χ3v) is 7.99. The number of unbranched alkanes of at least 4 members (excludes halogenated alkanes) is 1. The number of carboxylic acid groups (broad SMARTS) is 1. The molecule has 2 aromatic carbocycles. The Morgan fingerprint density at radius 3 is 2.49 bits per heavy atom. The number of ether oxygens (including phenoxy) is 2. The molecule has 2 unspecified atom stereocenters. The SMILES string of the molecule is CC.CCCCN(C(=O)CN1CC(c2ccc3c(c2)OCO3)CC1CCN1NCCC1=O)c1ccccc1.CSC(=O)O. The Bertz CT molecular complexity index is 1180. The summed E-state index contributed by atoms with van der Waals surface area (Å²) in [5.41, 5.74) is 5.34. The van der Waals surface area contributed by atoms with Gasteiger partial charge in [-0.15, -0.1) is 0 Å². The first-order valence-corrected chi connectivity index (χ1v) is 16.4. The molecule has 0 aliphatic carbocycles. The molecule has 11 heteroatoms. The standard InChI is InChI=1S/C28H36N4O4.C2H4O2S.C2H6/c1-2-3-14-31(23-7-5-4-6-8-23)28(34)19-30-18-22(21-9-10-25-26(17-21)36-20-35-25)16-24(30)12-15-32-27(33)11-13-29-32;1-5-2(3)4;1-2/h4-10,17,22,24,29H,2-3,11-16,18-20H2,1H3;1H3,(H,3,4);1-2H3. The number of benzene rings is 2. The van der Waals surface area contributed by atoms with Crippen molar-refractivity contribution in [3.05, 3.63) is 54.1 Å².